The summed E-state index contributed by atoms with van der Waals surface area (Å²) >= 11 is 0. The minimum Gasteiger partial charge on any atom is -0.469 e. The number of halogens is 2. The molecule has 0 spiro atoms. The number of ketones is 2. The van der Waals surface area contributed by atoms with E-state index < -0.39 is 11.7 Å². The molecule has 0 heterocycles. The molecule has 0 aliphatic heterocycles. The summed E-state index contributed by atoms with van der Waals surface area (Å²) in [5.41, 5.74) is 0. The topological polar surface area (TPSA) is 60.4 Å². The number of alkyl halides is 2. The number of esters is 1. The third kappa shape index (κ3) is 8.61. The Balaban J connectivity index is 2.36. The monoisotopic (exact) mass is 400 g/mol. The molecule has 2 atom stereocenters. The van der Waals surface area contributed by atoms with E-state index in [0.29, 0.717) is 44.9 Å². The molecular weight excluding hydrogens is 366 g/mol. The van der Waals surface area contributed by atoms with Gasteiger partial charge < -0.3 is 4.74 Å². The van der Waals surface area contributed by atoms with Crippen LogP contribution in [0.15, 0.2) is 12.2 Å². The van der Waals surface area contributed by atoms with Crippen LogP contribution in [0.3, 0.4) is 0 Å². The summed E-state index contributed by atoms with van der Waals surface area (Å²) in [5.74, 6) is -4.41. The van der Waals surface area contributed by atoms with Crippen LogP contribution in [0.1, 0.15) is 84.0 Å². The van der Waals surface area contributed by atoms with Gasteiger partial charge in [0.15, 0.2) is 0 Å². The molecule has 28 heavy (non-hydrogen) atoms. The molecule has 0 aromatic rings. The summed E-state index contributed by atoms with van der Waals surface area (Å²) in [7, 11) is 1.37. The smallest absolute Gasteiger partial charge is 0.305 e. The van der Waals surface area contributed by atoms with E-state index in [2.05, 4.69) is 4.74 Å². The van der Waals surface area contributed by atoms with Crippen LogP contribution in [0, 0.1) is 11.8 Å². The second-order valence-electron chi connectivity index (χ2n) is 7.67. The standard InChI is InChI=1S/C22H34F2O4/c1-3-4-16-22(23,24)20(26)15-13-17-12-14-19(25)18(17)10-8-6-5-7-9-11-21(27)28-2/h6,8,17-18H,3-5,7,9-16H2,1-2H3/b8-6-. The number of rotatable bonds is 14. The summed E-state index contributed by atoms with van der Waals surface area (Å²) in [4.78, 5) is 35.0. The van der Waals surface area contributed by atoms with Crippen molar-refractivity contribution < 1.29 is 27.9 Å². The molecule has 4 nitrogen and oxygen atoms in total. The zero-order valence-electron chi connectivity index (χ0n) is 17.2. The third-order valence-corrected chi connectivity index (χ3v) is 5.52. The maximum Gasteiger partial charge on any atom is 0.305 e. The Labute approximate surface area is 167 Å². The lowest BCUT2D eigenvalue weighted by atomic mass is 9.87. The molecule has 0 N–H and O–H groups in total. The Kier molecular flexibility index (Phi) is 11.2. The van der Waals surface area contributed by atoms with Crippen LogP contribution < -0.4 is 0 Å². The zero-order chi connectivity index (χ0) is 21.0. The van der Waals surface area contributed by atoms with Crippen LogP contribution in [-0.2, 0) is 19.1 Å². The van der Waals surface area contributed by atoms with E-state index in [1.807, 2.05) is 19.1 Å². The normalized spacial score (nSPS) is 20.1. The van der Waals surface area contributed by atoms with E-state index in [0.717, 1.165) is 19.3 Å². The van der Waals surface area contributed by atoms with Gasteiger partial charge in [0.1, 0.15) is 5.78 Å². The highest BCUT2D eigenvalue weighted by molar-refractivity contribution is 5.86. The van der Waals surface area contributed by atoms with E-state index in [4.69, 9.17) is 0 Å². The SMILES string of the molecule is CCCCC(F)(F)C(=O)CCC1CCC(=O)C1C/C=C\CCCCC(=O)OC. The van der Waals surface area contributed by atoms with Crippen LogP contribution in [0.2, 0.25) is 0 Å². The molecule has 6 heteroatoms. The highest BCUT2D eigenvalue weighted by Gasteiger charge is 2.39. The van der Waals surface area contributed by atoms with Crippen molar-refractivity contribution in [3.8, 4) is 0 Å². The molecule has 0 saturated heterocycles. The number of hydrogen-bond donors (Lipinski definition) is 0. The van der Waals surface area contributed by atoms with Gasteiger partial charge in [-0.1, -0.05) is 25.5 Å². The molecule has 1 aliphatic rings. The summed E-state index contributed by atoms with van der Waals surface area (Å²) in [5, 5.41) is 0. The lowest BCUT2D eigenvalue weighted by Crippen LogP contribution is -2.29. The van der Waals surface area contributed by atoms with Crippen molar-refractivity contribution in [2.24, 2.45) is 11.8 Å². The second-order valence-corrected chi connectivity index (χ2v) is 7.67. The van der Waals surface area contributed by atoms with Crippen molar-refractivity contribution in [3.63, 3.8) is 0 Å². The van der Waals surface area contributed by atoms with Crippen molar-refractivity contribution in [3.05, 3.63) is 12.2 Å². The van der Waals surface area contributed by atoms with Gasteiger partial charge in [-0.2, -0.15) is 8.78 Å². The number of Topliss-reactive ketones (excluding diaryl/α,β-unsaturated/α-hetero) is 2. The molecule has 0 radical (unpaired) electrons. The highest BCUT2D eigenvalue weighted by Crippen LogP contribution is 2.36. The summed E-state index contributed by atoms with van der Waals surface area (Å²) < 4.78 is 32.2. The number of carbonyl (C=O) groups excluding carboxylic acids is 3. The molecule has 1 saturated carbocycles. The molecule has 0 bridgehead atoms. The summed E-state index contributed by atoms with van der Waals surface area (Å²) in [6, 6.07) is 0. The van der Waals surface area contributed by atoms with E-state index in [1.165, 1.54) is 7.11 Å². The maximum absolute atomic E-state index is 13.8. The molecule has 2 unspecified atom stereocenters. The minimum atomic E-state index is -3.24. The number of unbranched alkanes of at least 4 members (excludes halogenated alkanes) is 3. The summed E-state index contributed by atoms with van der Waals surface area (Å²) in [6.45, 7) is 1.82. The number of carbonyl (C=O) groups is 3. The molecule has 1 rings (SSSR count). The quantitative estimate of drug-likeness (QED) is 0.221. The van der Waals surface area contributed by atoms with Gasteiger partial charge in [0.25, 0.3) is 0 Å². The van der Waals surface area contributed by atoms with Crippen LogP contribution in [0.25, 0.3) is 0 Å². The number of methoxy groups -OCH3 is 1. The zero-order valence-corrected chi connectivity index (χ0v) is 17.2. The second kappa shape index (κ2) is 12.8. The Bertz CT molecular complexity index is 543. The molecule has 1 aliphatic carbocycles. The van der Waals surface area contributed by atoms with Gasteiger partial charge in [0, 0.05) is 31.6 Å². The fourth-order valence-corrected chi connectivity index (χ4v) is 3.68. The van der Waals surface area contributed by atoms with Crippen molar-refractivity contribution in [2.45, 2.75) is 89.9 Å². The fourth-order valence-electron chi connectivity index (χ4n) is 3.68. The molecule has 160 valence electrons. The van der Waals surface area contributed by atoms with Crippen LogP contribution >= 0.6 is 0 Å². The average molecular weight is 401 g/mol. The number of hydrogen-bond acceptors (Lipinski definition) is 4. The Morgan fingerprint density at radius 1 is 1.18 bits per heavy atom. The van der Waals surface area contributed by atoms with Gasteiger partial charge in [-0.05, 0) is 50.9 Å². The van der Waals surface area contributed by atoms with E-state index in [9.17, 15) is 23.2 Å². The van der Waals surface area contributed by atoms with E-state index >= 15 is 0 Å². The fraction of sp³-hybridized carbons (Fsp3) is 0.773. The van der Waals surface area contributed by atoms with Gasteiger partial charge in [0.2, 0.25) is 5.78 Å². The van der Waals surface area contributed by atoms with Crippen LogP contribution in [0.5, 0.6) is 0 Å². The maximum atomic E-state index is 13.8. The molecular formula is C22H34F2O4. The van der Waals surface area contributed by atoms with Gasteiger partial charge in [-0.3, -0.25) is 14.4 Å². The molecule has 0 amide bonds. The lowest BCUT2D eigenvalue weighted by Gasteiger charge is -2.19. The summed E-state index contributed by atoms with van der Waals surface area (Å²) in [6.07, 6.45) is 9.40. The van der Waals surface area contributed by atoms with Gasteiger partial charge >= 0.3 is 11.9 Å². The lowest BCUT2D eigenvalue weighted by molar-refractivity contribution is -0.144. The molecule has 0 aromatic carbocycles. The first-order valence-electron chi connectivity index (χ1n) is 10.5. The van der Waals surface area contributed by atoms with E-state index in [-0.39, 0.29) is 36.4 Å². The van der Waals surface area contributed by atoms with Crippen LogP contribution in [0.4, 0.5) is 8.78 Å². The van der Waals surface area contributed by atoms with Crippen LogP contribution in [-0.4, -0.2) is 30.6 Å². The van der Waals surface area contributed by atoms with Gasteiger partial charge in [-0.15, -0.1) is 0 Å². The first-order valence-corrected chi connectivity index (χ1v) is 10.5. The van der Waals surface area contributed by atoms with Crippen molar-refractivity contribution in [1.82, 2.24) is 0 Å². The Hall–Kier alpha value is -1.59. The third-order valence-electron chi connectivity index (χ3n) is 5.52. The van der Waals surface area contributed by atoms with Gasteiger partial charge in [-0.25, -0.2) is 0 Å². The molecule has 1 fully saturated rings. The molecule has 0 aromatic heterocycles. The number of ether oxygens (including phenoxy) is 1. The van der Waals surface area contributed by atoms with Crippen molar-refractivity contribution >= 4 is 17.5 Å². The predicted octanol–water partition coefficient (Wildman–Crippen LogP) is 5.44. The predicted molar refractivity (Wildman–Crippen MR) is 104 cm³/mol. The van der Waals surface area contributed by atoms with Gasteiger partial charge in [0.05, 0.1) is 7.11 Å². The van der Waals surface area contributed by atoms with Crippen molar-refractivity contribution in [2.75, 3.05) is 7.11 Å². The minimum absolute atomic E-state index is 0.0161. The average Bonchev–Trinajstić information content (AvgIpc) is 3.03. The van der Waals surface area contributed by atoms with E-state index in [1.54, 1.807) is 0 Å². The highest BCUT2D eigenvalue weighted by atomic mass is 19.3. The Morgan fingerprint density at radius 3 is 2.61 bits per heavy atom. The largest absolute Gasteiger partial charge is 0.469 e. The van der Waals surface area contributed by atoms with Crippen molar-refractivity contribution in [1.29, 1.82) is 0 Å². The Morgan fingerprint density at radius 2 is 1.93 bits per heavy atom. The number of allylic oxidation sites excluding steroid dienone is 2. The first-order chi connectivity index (χ1) is 13.3. The first kappa shape index (κ1) is 24.4.